The lowest BCUT2D eigenvalue weighted by Crippen LogP contribution is -2.20. The van der Waals surface area contributed by atoms with E-state index >= 15 is 0 Å². The summed E-state index contributed by atoms with van der Waals surface area (Å²) >= 11 is 0. The largest absolute Gasteiger partial charge is 0.299 e. The maximum Gasteiger partial charge on any atom is 0.262 e. The molecular formula is C9H9N3O. The highest BCUT2D eigenvalue weighted by Crippen LogP contribution is 2.03. The molecule has 4 heteroatoms. The number of hydrogen-bond donors (Lipinski definition) is 0. The van der Waals surface area contributed by atoms with E-state index in [4.69, 9.17) is 0 Å². The number of pyridine rings is 1. The van der Waals surface area contributed by atoms with Crippen molar-refractivity contribution in [1.82, 2.24) is 14.5 Å². The van der Waals surface area contributed by atoms with Crippen LogP contribution in [0.25, 0.3) is 10.9 Å². The third-order valence-electron chi connectivity index (χ3n) is 2.10. The average Bonchev–Trinajstić information content (AvgIpc) is 2.15. The Labute approximate surface area is 74.9 Å². The van der Waals surface area contributed by atoms with Crippen molar-refractivity contribution < 1.29 is 0 Å². The van der Waals surface area contributed by atoms with Crippen LogP contribution in [0.1, 0.15) is 5.82 Å². The standard InChI is InChI=1S/C9H9N3O/c1-6-11-8-3-4-10-5-7(8)9(13)12(6)2/h3-5H,1-2H3. The first-order valence-corrected chi connectivity index (χ1v) is 3.97. The number of aryl methyl sites for hydroxylation is 1. The topological polar surface area (TPSA) is 47.8 Å². The zero-order valence-corrected chi connectivity index (χ0v) is 7.48. The fourth-order valence-corrected chi connectivity index (χ4v) is 1.23. The second-order valence-corrected chi connectivity index (χ2v) is 2.92. The van der Waals surface area contributed by atoms with Gasteiger partial charge >= 0.3 is 0 Å². The SMILES string of the molecule is Cc1nc2ccncc2c(=O)n1C. The van der Waals surface area contributed by atoms with Crippen LogP contribution in [-0.2, 0) is 7.05 Å². The van der Waals surface area contributed by atoms with Gasteiger partial charge in [0.05, 0.1) is 10.9 Å². The number of fused-ring (bicyclic) bond motifs is 1. The van der Waals surface area contributed by atoms with Gasteiger partial charge in [-0.15, -0.1) is 0 Å². The van der Waals surface area contributed by atoms with Crippen LogP contribution in [0.4, 0.5) is 0 Å². The van der Waals surface area contributed by atoms with Crippen LogP contribution in [0.3, 0.4) is 0 Å². The highest BCUT2D eigenvalue weighted by Gasteiger charge is 2.03. The van der Waals surface area contributed by atoms with E-state index in [2.05, 4.69) is 9.97 Å². The molecule has 2 aromatic rings. The van der Waals surface area contributed by atoms with Crippen molar-refractivity contribution >= 4 is 10.9 Å². The van der Waals surface area contributed by atoms with E-state index in [0.717, 1.165) is 0 Å². The lowest BCUT2D eigenvalue weighted by atomic mass is 10.3. The van der Waals surface area contributed by atoms with E-state index in [-0.39, 0.29) is 5.56 Å². The molecule has 0 amide bonds. The molecule has 0 N–H and O–H groups in total. The van der Waals surface area contributed by atoms with Crippen LogP contribution in [0.2, 0.25) is 0 Å². The molecule has 0 saturated carbocycles. The molecule has 0 aromatic carbocycles. The Hall–Kier alpha value is -1.71. The summed E-state index contributed by atoms with van der Waals surface area (Å²) < 4.78 is 1.52. The Balaban J connectivity index is 3.03. The molecule has 0 atom stereocenters. The molecule has 0 aliphatic heterocycles. The van der Waals surface area contributed by atoms with Gasteiger partial charge in [-0.2, -0.15) is 0 Å². The normalized spacial score (nSPS) is 10.6. The van der Waals surface area contributed by atoms with E-state index in [1.165, 1.54) is 4.57 Å². The molecule has 4 nitrogen and oxygen atoms in total. The molecule has 2 rings (SSSR count). The Bertz CT molecular complexity index is 516. The second kappa shape index (κ2) is 2.65. The third-order valence-corrected chi connectivity index (χ3v) is 2.10. The van der Waals surface area contributed by atoms with Crippen molar-refractivity contribution in [3.05, 3.63) is 34.6 Å². The van der Waals surface area contributed by atoms with E-state index in [1.54, 1.807) is 32.4 Å². The Morgan fingerprint density at radius 2 is 2.23 bits per heavy atom. The van der Waals surface area contributed by atoms with Crippen LogP contribution in [0, 0.1) is 6.92 Å². The first-order valence-electron chi connectivity index (χ1n) is 3.97. The molecule has 2 heterocycles. The quantitative estimate of drug-likeness (QED) is 0.590. The van der Waals surface area contributed by atoms with Gasteiger partial charge < -0.3 is 0 Å². The number of nitrogens with zero attached hydrogens (tertiary/aromatic N) is 3. The van der Waals surface area contributed by atoms with Crippen molar-refractivity contribution in [2.75, 3.05) is 0 Å². The molecule has 66 valence electrons. The summed E-state index contributed by atoms with van der Waals surface area (Å²) in [7, 11) is 1.71. The van der Waals surface area contributed by atoms with Crippen molar-refractivity contribution in [3.63, 3.8) is 0 Å². The number of aromatic nitrogens is 3. The minimum Gasteiger partial charge on any atom is -0.299 e. The average molecular weight is 175 g/mol. The summed E-state index contributed by atoms with van der Waals surface area (Å²) in [5.74, 6) is 0.712. The molecule has 0 bridgehead atoms. The van der Waals surface area contributed by atoms with Gasteiger partial charge in [0.1, 0.15) is 5.82 Å². The van der Waals surface area contributed by atoms with Gasteiger partial charge in [-0.1, -0.05) is 0 Å². The maximum atomic E-state index is 11.6. The maximum absolute atomic E-state index is 11.6. The lowest BCUT2D eigenvalue weighted by molar-refractivity contribution is 0.792. The summed E-state index contributed by atoms with van der Waals surface area (Å²) in [5, 5.41) is 0.565. The molecule has 0 fully saturated rings. The van der Waals surface area contributed by atoms with Gasteiger partial charge in [-0.05, 0) is 13.0 Å². The van der Waals surface area contributed by atoms with Crippen molar-refractivity contribution in [3.8, 4) is 0 Å². The molecule has 0 unspecified atom stereocenters. The monoisotopic (exact) mass is 175 g/mol. The van der Waals surface area contributed by atoms with Crippen molar-refractivity contribution in [2.45, 2.75) is 6.92 Å². The first kappa shape index (κ1) is 7.91. The molecule has 0 spiro atoms. The molecule has 2 aromatic heterocycles. The lowest BCUT2D eigenvalue weighted by Gasteiger charge is -2.03. The Morgan fingerprint density at radius 1 is 1.46 bits per heavy atom. The molecule has 13 heavy (non-hydrogen) atoms. The minimum absolute atomic E-state index is 0.0457. The molecule has 0 radical (unpaired) electrons. The Kier molecular flexibility index (Phi) is 1.62. The molecule has 0 saturated heterocycles. The zero-order chi connectivity index (χ0) is 9.42. The van der Waals surface area contributed by atoms with Crippen molar-refractivity contribution in [2.24, 2.45) is 7.05 Å². The van der Waals surface area contributed by atoms with Gasteiger partial charge in [0.25, 0.3) is 5.56 Å². The number of rotatable bonds is 0. The highest BCUT2D eigenvalue weighted by atomic mass is 16.1. The van der Waals surface area contributed by atoms with Crippen LogP contribution >= 0.6 is 0 Å². The summed E-state index contributed by atoms with van der Waals surface area (Å²) in [4.78, 5) is 19.8. The smallest absolute Gasteiger partial charge is 0.262 e. The van der Waals surface area contributed by atoms with Gasteiger partial charge in [0.2, 0.25) is 0 Å². The molecule has 0 aliphatic carbocycles. The van der Waals surface area contributed by atoms with E-state index < -0.39 is 0 Å². The molecular weight excluding hydrogens is 166 g/mol. The third kappa shape index (κ3) is 1.11. The van der Waals surface area contributed by atoms with Gasteiger partial charge in [-0.25, -0.2) is 4.98 Å². The molecule has 0 aliphatic rings. The van der Waals surface area contributed by atoms with Gasteiger partial charge in [0.15, 0.2) is 0 Å². The van der Waals surface area contributed by atoms with Gasteiger partial charge in [-0.3, -0.25) is 14.3 Å². The second-order valence-electron chi connectivity index (χ2n) is 2.92. The summed E-state index contributed by atoms with van der Waals surface area (Å²) in [6.45, 7) is 1.81. The van der Waals surface area contributed by atoms with Crippen LogP contribution < -0.4 is 5.56 Å². The van der Waals surface area contributed by atoms with E-state index in [9.17, 15) is 4.79 Å². The Morgan fingerprint density at radius 3 is 3.00 bits per heavy atom. The van der Waals surface area contributed by atoms with Crippen molar-refractivity contribution in [1.29, 1.82) is 0 Å². The van der Waals surface area contributed by atoms with Crippen LogP contribution in [0.15, 0.2) is 23.3 Å². The predicted octanol–water partition coefficient (Wildman–Crippen LogP) is 0.637. The number of hydrogen-bond acceptors (Lipinski definition) is 3. The van der Waals surface area contributed by atoms with Crippen LogP contribution in [-0.4, -0.2) is 14.5 Å². The predicted molar refractivity (Wildman–Crippen MR) is 49.5 cm³/mol. The van der Waals surface area contributed by atoms with E-state index in [0.29, 0.717) is 16.7 Å². The first-order chi connectivity index (χ1) is 6.20. The summed E-state index contributed by atoms with van der Waals surface area (Å²) in [5.41, 5.74) is 0.659. The minimum atomic E-state index is -0.0457. The fourth-order valence-electron chi connectivity index (χ4n) is 1.23. The summed E-state index contributed by atoms with van der Waals surface area (Å²) in [6, 6.07) is 1.74. The van der Waals surface area contributed by atoms with Crippen LogP contribution in [0.5, 0.6) is 0 Å². The van der Waals surface area contributed by atoms with Gasteiger partial charge in [0, 0.05) is 19.4 Å². The highest BCUT2D eigenvalue weighted by molar-refractivity contribution is 5.75. The summed E-state index contributed by atoms with van der Waals surface area (Å²) in [6.07, 6.45) is 3.18. The fraction of sp³-hybridized carbons (Fsp3) is 0.222. The van der Waals surface area contributed by atoms with E-state index in [1.807, 2.05) is 0 Å². The zero-order valence-electron chi connectivity index (χ0n) is 7.48.